The second-order valence-electron chi connectivity index (χ2n) is 7.20. The lowest BCUT2D eigenvalue weighted by molar-refractivity contribution is 0.512. The van der Waals surface area contributed by atoms with Gasteiger partial charge in [-0.25, -0.2) is 0 Å². The summed E-state index contributed by atoms with van der Waals surface area (Å²) in [6, 6.07) is 8.57. The smallest absolute Gasteiger partial charge is 0.181 e. The largest absolute Gasteiger partial charge is 0.496 e. The fourth-order valence-electron chi connectivity index (χ4n) is 4.57. The number of benzene rings is 2. The lowest BCUT2D eigenvalue weighted by Gasteiger charge is -2.33. The van der Waals surface area contributed by atoms with Crippen molar-refractivity contribution < 1.29 is 9.05 Å². The molecule has 0 spiro atoms. The van der Waals surface area contributed by atoms with Gasteiger partial charge in [-0.2, -0.15) is 0 Å². The Morgan fingerprint density at radius 2 is 1.08 bits per heavy atom. The summed E-state index contributed by atoms with van der Waals surface area (Å²) in [6.07, 6.45) is 6.75. The monoisotopic (exact) mass is 387 g/mol. The van der Waals surface area contributed by atoms with Crippen LogP contribution in [-0.2, 0) is 50.2 Å². The lowest BCUT2D eigenvalue weighted by atomic mass is 9.80. The Morgan fingerprint density at radius 3 is 1.56 bits per heavy atom. The summed E-state index contributed by atoms with van der Waals surface area (Å²) in [4.78, 5) is 0. The van der Waals surface area contributed by atoms with Crippen molar-refractivity contribution in [3.63, 3.8) is 0 Å². The van der Waals surface area contributed by atoms with Crippen molar-refractivity contribution in [2.45, 2.75) is 51.4 Å². The van der Waals surface area contributed by atoms with Crippen molar-refractivity contribution in [3.8, 4) is 22.6 Å². The zero-order valence-electron chi connectivity index (χ0n) is 14.0. The maximum atomic E-state index is 6.10. The molecule has 5 rings (SSSR count). The predicted molar refractivity (Wildman–Crippen MR) is 108 cm³/mol. The van der Waals surface area contributed by atoms with Crippen LogP contribution in [0.4, 0.5) is 0 Å². The topological polar surface area (TPSA) is 18.5 Å². The van der Waals surface area contributed by atoms with Crippen molar-refractivity contribution in [1.29, 1.82) is 0 Å². The maximum Gasteiger partial charge on any atom is 0.181 e. The Labute approximate surface area is 160 Å². The summed E-state index contributed by atoms with van der Waals surface area (Å²) in [7, 11) is 0. The van der Waals surface area contributed by atoms with E-state index in [0.29, 0.717) is 0 Å². The zero-order valence-corrected chi connectivity index (χ0v) is 16.6. The molecule has 0 amide bonds. The third-order valence-electron chi connectivity index (χ3n) is 5.66. The first kappa shape index (κ1) is 16.4. The van der Waals surface area contributed by atoms with Gasteiger partial charge in [-0.15, -0.1) is 0 Å². The van der Waals surface area contributed by atoms with Crippen LogP contribution in [0.5, 0.6) is 11.5 Å². The zero-order chi connectivity index (χ0) is 17.0. The third-order valence-corrected chi connectivity index (χ3v) is 7.39. The molecule has 2 aromatic carbocycles. The Balaban J connectivity index is 1.85. The molecular weight excluding hydrogens is 367 g/mol. The number of rotatable bonds is 0. The molecule has 0 bridgehead atoms. The van der Waals surface area contributed by atoms with E-state index >= 15 is 0 Å². The standard InChI is InChI=1S/C20H21O2PS2/c24-23(25)21-17-11-9-13-5-1-3-7-15(13)19(17)20-16-8-4-2-6-14(16)10-12-18(20)22-23/h9-12H,1-8H2,(H,24,25)/p-1. The fraction of sp³-hybridized carbons (Fsp3) is 0.400. The van der Waals surface area contributed by atoms with E-state index in [2.05, 4.69) is 24.3 Å². The third kappa shape index (κ3) is 2.78. The predicted octanol–water partition coefficient (Wildman–Crippen LogP) is 5.65. The van der Waals surface area contributed by atoms with Crippen LogP contribution in [0.25, 0.3) is 11.1 Å². The molecule has 0 aromatic heterocycles. The van der Waals surface area contributed by atoms with E-state index in [1.54, 1.807) is 0 Å². The van der Waals surface area contributed by atoms with Crippen LogP contribution in [-0.4, -0.2) is 0 Å². The molecule has 1 heterocycles. The van der Waals surface area contributed by atoms with E-state index in [9.17, 15) is 0 Å². The van der Waals surface area contributed by atoms with Gasteiger partial charge in [0.25, 0.3) is 0 Å². The first-order chi connectivity index (χ1) is 12.1. The molecule has 1 aliphatic heterocycles. The van der Waals surface area contributed by atoms with Gasteiger partial charge in [-0.3, -0.25) is 0 Å². The summed E-state index contributed by atoms with van der Waals surface area (Å²) in [5.74, 6) is 1.69. The molecule has 5 heteroatoms. The van der Waals surface area contributed by atoms with Crippen LogP contribution >= 0.6 is 6.12 Å². The first-order valence-electron chi connectivity index (χ1n) is 9.12. The van der Waals surface area contributed by atoms with Gasteiger partial charge in [-0.1, -0.05) is 12.1 Å². The average Bonchev–Trinajstić information content (AvgIpc) is 2.73. The van der Waals surface area contributed by atoms with Crippen molar-refractivity contribution in [3.05, 3.63) is 46.5 Å². The Kier molecular flexibility index (Phi) is 4.00. The molecule has 3 aliphatic rings. The SMILES string of the molecule is [S-][P+]1([S-])Oc2ccc3c(c2-c2c(ccc4c2CCCC4)O1)CCCC3. The second-order valence-corrected chi connectivity index (χ2v) is 12.0. The molecule has 2 aromatic rings. The van der Waals surface area contributed by atoms with E-state index in [1.165, 1.54) is 59.1 Å². The average molecular weight is 387 g/mol. The van der Waals surface area contributed by atoms with Crippen LogP contribution < -0.4 is 9.05 Å². The molecule has 0 unspecified atom stereocenters. The fourth-order valence-corrected chi connectivity index (χ4v) is 6.36. The van der Waals surface area contributed by atoms with E-state index in [-0.39, 0.29) is 0 Å². The van der Waals surface area contributed by atoms with Gasteiger partial charge in [0.05, 0.1) is 0 Å². The van der Waals surface area contributed by atoms with Crippen LogP contribution in [0.3, 0.4) is 0 Å². The summed E-state index contributed by atoms with van der Waals surface area (Å²) >= 11 is 11.1. The molecule has 0 N–H and O–H groups in total. The number of fused-ring (bicyclic) bond motifs is 7. The maximum absolute atomic E-state index is 6.10. The molecule has 130 valence electrons. The molecule has 0 fully saturated rings. The van der Waals surface area contributed by atoms with E-state index in [4.69, 9.17) is 33.5 Å². The van der Waals surface area contributed by atoms with Gasteiger partial charge in [0.2, 0.25) is 0 Å². The number of hydrogen-bond acceptors (Lipinski definition) is 4. The van der Waals surface area contributed by atoms with Crippen molar-refractivity contribution in [2.75, 3.05) is 0 Å². The minimum absolute atomic E-state index is 0.844. The summed E-state index contributed by atoms with van der Waals surface area (Å²) in [5.41, 5.74) is 8.21. The van der Waals surface area contributed by atoms with E-state index in [0.717, 1.165) is 37.2 Å². The lowest BCUT2D eigenvalue weighted by Crippen LogP contribution is -2.09. The van der Waals surface area contributed by atoms with Gasteiger partial charge in [0.15, 0.2) is 11.5 Å². The molecule has 0 saturated carbocycles. The van der Waals surface area contributed by atoms with Crippen molar-refractivity contribution in [1.82, 2.24) is 0 Å². The second kappa shape index (κ2) is 6.11. The quantitative estimate of drug-likeness (QED) is 0.429. The summed E-state index contributed by atoms with van der Waals surface area (Å²) in [6.45, 7) is 0. The highest BCUT2D eigenvalue weighted by Crippen LogP contribution is 2.63. The Hall–Kier alpha value is -0.830. The van der Waals surface area contributed by atoms with Crippen LogP contribution in [0.1, 0.15) is 47.9 Å². The van der Waals surface area contributed by atoms with Gasteiger partial charge < -0.3 is 33.5 Å². The van der Waals surface area contributed by atoms with E-state index < -0.39 is 6.12 Å². The highest BCUT2D eigenvalue weighted by molar-refractivity contribution is 8.70. The minimum Gasteiger partial charge on any atom is -0.496 e. The minimum atomic E-state index is -2.75. The Bertz CT molecular complexity index is 794. The van der Waals surface area contributed by atoms with Gasteiger partial charge in [0.1, 0.15) is 6.12 Å². The summed E-state index contributed by atoms with van der Waals surface area (Å²) in [5, 5.41) is 0. The van der Waals surface area contributed by atoms with Crippen LogP contribution in [0.15, 0.2) is 24.3 Å². The molecule has 25 heavy (non-hydrogen) atoms. The normalized spacial score (nSPS) is 20.1. The molecular formula is C20H20O2PS2-. The first-order valence-corrected chi connectivity index (χ1v) is 12.8. The van der Waals surface area contributed by atoms with Gasteiger partial charge in [-0.05, 0) is 85.8 Å². The highest BCUT2D eigenvalue weighted by Gasteiger charge is 2.32. The van der Waals surface area contributed by atoms with Crippen LogP contribution in [0.2, 0.25) is 0 Å². The van der Waals surface area contributed by atoms with Crippen molar-refractivity contribution in [2.24, 2.45) is 0 Å². The molecule has 2 nitrogen and oxygen atoms in total. The number of hydrogen-bond donors (Lipinski definition) is 0. The van der Waals surface area contributed by atoms with E-state index in [1.807, 2.05) is 0 Å². The molecule has 0 saturated heterocycles. The van der Waals surface area contributed by atoms with Gasteiger partial charge in [0, 0.05) is 11.1 Å². The highest BCUT2D eigenvalue weighted by atomic mass is 33.1. The molecule has 0 radical (unpaired) electrons. The summed E-state index contributed by atoms with van der Waals surface area (Å²) < 4.78 is 12.2. The van der Waals surface area contributed by atoms with Crippen LogP contribution in [0, 0.1) is 0 Å². The molecule has 2 aliphatic carbocycles. The van der Waals surface area contributed by atoms with Gasteiger partial charge >= 0.3 is 0 Å². The molecule has 0 atom stereocenters. The number of aryl methyl sites for hydroxylation is 2. The van der Waals surface area contributed by atoms with Crippen molar-refractivity contribution >= 4 is 30.6 Å². The Morgan fingerprint density at radius 1 is 0.640 bits per heavy atom.